The lowest BCUT2D eigenvalue weighted by Crippen LogP contribution is -2.40. The van der Waals surface area contributed by atoms with Crippen molar-refractivity contribution in [1.29, 1.82) is 0 Å². The van der Waals surface area contributed by atoms with Crippen LogP contribution in [-0.2, 0) is 0 Å². The molecule has 0 aromatic heterocycles. The first-order chi connectivity index (χ1) is 9.67. The molecule has 3 rings (SSSR count). The van der Waals surface area contributed by atoms with Crippen molar-refractivity contribution in [2.24, 2.45) is 17.8 Å². The number of amides is 1. The van der Waals surface area contributed by atoms with E-state index < -0.39 is 0 Å². The smallest absolute Gasteiger partial charge is 0.251 e. The van der Waals surface area contributed by atoms with Crippen LogP contribution in [0.2, 0.25) is 0 Å². The van der Waals surface area contributed by atoms with Gasteiger partial charge >= 0.3 is 0 Å². The number of fused-ring (bicyclic) bond motifs is 2. The normalized spacial score (nSPS) is 29.2. The highest BCUT2D eigenvalue weighted by molar-refractivity contribution is 5.94. The Kier molecular flexibility index (Phi) is 3.68. The van der Waals surface area contributed by atoms with Crippen molar-refractivity contribution >= 4 is 5.91 Å². The Morgan fingerprint density at radius 3 is 2.85 bits per heavy atom. The van der Waals surface area contributed by atoms with Crippen LogP contribution < -0.4 is 10.1 Å². The van der Waals surface area contributed by atoms with Crippen molar-refractivity contribution in [2.75, 3.05) is 7.11 Å². The summed E-state index contributed by atoms with van der Waals surface area (Å²) in [5.41, 5.74) is 0.680. The molecule has 4 atom stereocenters. The predicted octanol–water partition coefficient (Wildman–Crippen LogP) is 3.25. The van der Waals surface area contributed by atoms with Crippen LogP contribution in [0, 0.1) is 17.8 Å². The molecule has 0 heterocycles. The molecule has 20 heavy (non-hydrogen) atoms. The highest BCUT2D eigenvalue weighted by Gasteiger charge is 2.42. The Bertz CT molecular complexity index is 500. The van der Waals surface area contributed by atoms with Crippen LogP contribution in [0.25, 0.3) is 0 Å². The van der Waals surface area contributed by atoms with Gasteiger partial charge in [0.1, 0.15) is 5.75 Å². The first-order valence-electron chi connectivity index (χ1n) is 7.62. The maximum Gasteiger partial charge on any atom is 0.251 e. The van der Waals surface area contributed by atoms with Gasteiger partial charge in [-0.05, 0) is 62.1 Å². The van der Waals surface area contributed by atoms with E-state index in [4.69, 9.17) is 4.74 Å². The maximum atomic E-state index is 12.3. The van der Waals surface area contributed by atoms with Crippen LogP contribution in [-0.4, -0.2) is 19.1 Å². The summed E-state index contributed by atoms with van der Waals surface area (Å²) >= 11 is 0. The second kappa shape index (κ2) is 5.47. The second-order valence-electron chi connectivity index (χ2n) is 6.33. The van der Waals surface area contributed by atoms with Crippen LogP contribution >= 0.6 is 0 Å². The number of benzene rings is 1. The molecule has 0 aliphatic heterocycles. The van der Waals surface area contributed by atoms with E-state index in [-0.39, 0.29) is 11.9 Å². The van der Waals surface area contributed by atoms with Crippen LogP contribution in [0.5, 0.6) is 5.75 Å². The molecular weight excluding hydrogens is 250 g/mol. The quantitative estimate of drug-likeness (QED) is 0.914. The molecule has 0 spiro atoms. The SMILES string of the molecule is COc1cccc(C(=O)NC(C)C2CC3CCC2C3)c1. The minimum absolute atomic E-state index is 0.0131. The number of carbonyl (C=O) groups excluding carboxylic acids is 1. The van der Waals surface area contributed by atoms with E-state index in [1.54, 1.807) is 13.2 Å². The maximum absolute atomic E-state index is 12.3. The molecular formula is C17H23NO2. The number of methoxy groups -OCH3 is 1. The minimum Gasteiger partial charge on any atom is -0.497 e. The Morgan fingerprint density at radius 1 is 1.35 bits per heavy atom. The molecule has 108 valence electrons. The lowest BCUT2D eigenvalue weighted by atomic mass is 9.84. The summed E-state index contributed by atoms with van der Waals surface area (Å²) in [4.78, 5) is 12.3. The van der Waals surface area contributed by atoms with E-state index in [1.807, 2.05) is 18.2 Å². The molecule has 4 unspecified atom stereocenters. The molecule has 3 heteroatoms. The summed E-state index contributed by atoms with van der Waals surface area (Å²) in [5, 5.41) is 3.18. The van der Waals surface area contributed by atoms with Gasteiger partial charge in [-0.3, -0.25) is 4.79 Å². The fourth-order valence-electron chi connectivity index (χ4n) is 4.07. The van der Waals surface area contributed by atoms with E-state index in [0.717, 1.165) is 17.6 Å². The van der Waals surface area contributed by atoms with Gasteiger partial charge in [0.05, 0.1) is 7.11 Å². The third kappa shape index (κ3) is 2.54. The van der Waals surface area contributed by atoms with E-state index in [1.165, 1.54) is 25.7 Å². The summed E-state index contributed by atoms with van der Waals surface area (Å²) in [5.74, 6) is 3.16. The fourth-order valence-corrected chi connectivity index (χ4v) is 4.07. The zero-order valence-electron chi connectivity index (χ0n) is 12.3. The van der Waals surface area contributed by atoms with Crippen molar-refractivity contribution in [3.63, 3.8) is 0 Å². The zero-order chi connectivity index (χ0) is 14.1. The predicted molar refractivity (Wildman–Crippen MR) is 78.9 cm³/mol. The number of carbonyl (C=O) groups is 1. The van der Waals surface area contributed by atoms with Crippen molar-refractivity contribution in [3.8, 4) is 5.75 Å². The number of hydrogen-bond acceptors (Lipinski definition) is 2. The molecule has 0 saturated heterocycles. The van der Waals surface area contributed by atoms with Gasteiger partial charge in [-0.2, -0.15) is 0 Å². The van der Waals surface area contributed by atoms with Gasteiger partial charge < -0.3 is 10.1 Å². The molecule has 2 saturated carbocycles. The van der Waals surface area contributed by atoms with E-state index in [0.29, 0.717) is 11.5 Å². The number of hydrogen-bond donors (Lipinski definition) is 1. The van der Waals surface area contributed by atoms with Gasteiger partial charge in [-0.25, -0.2) is 0 Å². The van der Waals surface area contributed by atoms with E-state index in [2.05, 4.69) is 12.2 Å². The Hall–Kier alpha value is -1.51. The first-order valence-corrected chi connectivity index (χ1v) is 7.62. The van der Waals surface area contributed by atoms with Gasteiger partial charge in [-0.15, -0.1) is 0 Å². The van der Waals surface area contributed by atoms with E-state index >= 15 is 0 Å². The number of ether oxygens (including phenoxy) is 1. The molecule has 0 radical (unpaired) electrons. The van der Waals surface area contributed by atoms with Gasteiger partial charge in [0.2, 0.25) is 0 Å². The third-order valence-corrected chi connectivity index (χ3v) is 5.13. The van der Waals surface area contributed by atoms with Gasteiger partial charge in [0.15, 0.2) is 0 Å². The lowest BCUT2D eigenvalue weighted by Gasteiger charge is -2.28. The summed E-state index contributed by atoms with van der Waals surface area (Å²) < 4.78 is 5.17. The van der Waals surface area contributed by atoms with Gasteiger partial charge in [0, 0.05) is 11.6 Å². The lowest BCUT2D eigenvalue weighted by molar-refractivity contribution is 0.0915. The summed E-state index contributed by atoms with van der Waals surface area (Å²) in [6.45, 7) is 2.16. The van der Waals surface area contributed by atoms with Crippen LogP contribution in [0.3, 0.4) is 0 Å². The average molecular weight is 273 g/mol. The van der Waals surface area contributed by atoms with Crippen LogP contribution in [0.15, 0.2) is 24.3 Å². The fraction of sp³-hybridized carbons (Fsp3) is 0.588. The second-order valence-corrected chi connectivity index (χ2v) is 6.33. The highest BCUT2D eigenvalue weighted by Crippen LogP contribution is 2.49. The summed E-state index contributed by atoms with van der Waals surface area (Å²) in [7, 11) is 1.62. The largest absolute Gasteiger partial charge is 0.497 e. The van der Waals surface area contributed by atoms with Crippen LogP contribution in [0.1, 0.15) is 43.0 Å². The molecule has 2 bridgehead atoms. The standard InChI is InChI=1S/C17H23NO2/c1-11(16-9-12-6-7-13(16)8-12)18-17(19)14-4-3-5-15(10-14)20-2/h3-5,10-13,16H,6-9H2,1-2H3,(H,18,19). The number of nitrogens with one attached hydrogen (secondary N) is 1. The van der Waals surface area contributed by atoms with Crippen molar-refractivity contribution in [1.82, 2.24) is 5.32 Å². The molecule has 2 aliphatic carbocycles. The molecule has 3 nitrogen and oxygen atoms in total. The molecule has 1 amide bonds. The minimum atomic E-state index is 0.0131. The molecule has 1 N–H and O–H groups in total. The van der Waals surface area contributed by atoms with Crippen LogP contribution in [0.4, 0.5) is 0 Å². The van der Waals surface area contributed by atoms with Gasteiger partial charge in [-0.1, -0.05) is 12.5 Å². The topological polar surface area (TPSA) is 38.3 Å². The summed E-state index contributed by atoms with van der Waals surface area (Å²) in [6.07, 6.45) is 5.43. The summed E-state index contributed by atoms with van der Waals surface area (Å²) in [6, 6.07) is 7.62. The zero-order valence-corrected chi connectivity index (χ0v) is 12.3. The van der Waals surface area contributed by atoms with Crippen molar-refractivity contribution in [2.45, 2.75) is 38.6 Å². The average Bonchev–Trinajstić information content (AvgIpc) is 3.10. The molecule has 1 aromatic carbocycles. The first kappa shape index (κ1) is 13.5. The Morgan fingerprint density at radius 2 is 2.20 bits per heavy atom. The van der Waals surface area contributed by atoms with Crippen molar-refractivity contribution in [3.05, 3.63) is 29.8 Å². The van der Waals surface area contributed by atoms with Gasteiger partial charge in [0.25, 0.3) is 5.91 Å². The Balaban J connectivity index is 1.63. The number of rotatable bonds is 4. The highest BCUT2D eigenvalue weighted by atomic mass is 16.5. The monoisotopic (exact) mass is 273 g/mol. The van der Waals surface area contributed by atoms with E-state index in [9.17, 15) is 4.79 Å². The molecule has 2 aliphatic rings. The third-order valence-electron chi connectivity index (χ3n) is 5.13. The molecule has 1 aromatic rings. The van der Waals surface area contributed by atoms with Crippen molar-refractivity contribution < 1.29 is 9.53 Å². The Labute approximate surface area is 120 Å². The molecule has 2 fully saturated rings.